The first-order valence-electron chi connectivity index (χ1n) is 28.9. The van der Waals surface area contributed by atoms with Gasteiger partial charge in [0.05, 0.1) is 84.4 Å². The van der Waals surface area contributed by atoms with Gasteiger partial charge in [-0.2, -0.15) is 0 Å². The average molecular weight is 1140 g/mol. The zero-order valence-corrected chi connectivity index (χ0v) is 48.0. The van der Waals surface area contributed by atoms with Gasteiger partial charge in [0.25, 0.3) is 17.4 Å². The zero-order valence-electron chi connectivity index (χ0n) is 48.0. The Morgan fingerprint density at radius 2 is 1.54 bits per heavy atom. The lowest BCUT2D eigenvalue weighted by molar-refractivity contribution is -0.137. The van der Waals surface area contributed by atoms with E-state index in [0.717, 1.165) is 42.5 Å². The Morgan fingerprint density at radius 1 is 0.807 bits per heavy atom. The average Bonchev–Trinajstić information content (AvgIpc) is 3.37. The fraction of sp³-hybridized carbons (Fsp3) is 0.508. The van der Waals surface area contributed by atoms with Crippen molar-refractivity contribution in [2.75, 3.05) is 107 Å². The quantitative estimate of drug-likeness (QED) is 0.0508. The number of aryl methyl sites for hydroxylation is 2. The SMILES string of the molecule is C[C@H]1CN(C(=O)CCOCCOCCOCCOCCOCCCc2cccc3c2CN(C2CCC(=O)NC2=O)C3=O)CCN1c1ccc(Nc2cc(-c3ccnc(N4CCn5c(cc6c5CC(C)(C)C6)C4=O)c3CO)cn(C)c2=O)nc1. The second kappa shape index (κ2) is 26.5. The van der Waals surface area contributed by atoms with Crippen molar-refractivity contribution < 1.29 is 52.8 Å². The van der Waals surface area contributed by atoms with Gasteiger partial charge < -0.3 is 57.9 Å². The van der Waals surface area contributed by atoms with E-state index >= 15 is 0 Å². The number of anilines is 4. The normalized spacial score (nSPS) is 18.4. The van der Waals surface area contributed by atoms with Gasteiger partial charge in [-0.05, 0) is 103 Å². The smallest absolute Gasteiger partial charge is 0.276 e. The van der Waals surface area contributed by atoms with Crippen LogP contribution in [0.25, 0.3) is 11.1 Å². The Morgan fingerprint density at radius 3 is 2.24 bits per heavy atom. The molecular formula is C61H76N10O12. The first kappa shape index (κ1) is 58.8. The van der Waals surface area contributed by atoms with E-state index in [1.165, 1.54) is 15.8 Å². The van der Waals surface area contributed by atoms with Gasteiger partial charge >= 0.3 is 0 Å². The molecule has 2 fully saturated rings. The summed E-state index contributed by atoms with van der Waals surface area (Å²) in [5.41, 5.74) is 8.64. The Balaban J connectivity index is 0.574. The van der Waals surface area contributed by atoms with Gasteiger partial charge in [0.15, 0.2) is 0 Å². The lowest BCUT2D eigenvalue weighted by atomic mass is 9.90. The van der Waals surface area contributed by atoms with E-state index in [-0.39, 0.29) is 60.1 Å². The molecule has 2 saturated heterocycles. The highest BCUT2D eigenvalue weighted by molar-refractivity contribution is 6.07. The maximum absolute atomic E-state index is 14.0. The Labute approximate surface area is 483 Å². The predicted molar refractivity (Wildman–Crippen MR) is 309 cm³/mol. The fourth-order valence-electron chi connectivity index (χ4n) is 12.1. The number of pyridine rings is 3. The largest absolute Gasteiger partial charge is 0.392 e. The van der Waals surface area contributed by atoms with Crippen LogP contribution >= 0.6 is 0 Å². The third kappa shape index (κ3) is 13.5. The summed E-state index contributed by atoms with van der Waals surface area (Å²) in [5.74, 6) is -0.119. The molecule has 8 heterocycles. The van der Waals surface area contributed by atoms with Gasteiger partial charge in [-0.25, -0.2) is 9.97 Å². The van der Waals surface area contributed by atoms with Crippen LogP contribution in [0.15, 0.2) is 71.9 Å². The van der Waals surface area contributed by atoms with Crippen LogP contribution in [0.4, 0.5) is 23.0 Å². The highest BCUT2D eigenvalue weighted by Gasteiger charge is 2.41. The minimum absolute atomic E-state index is 0.0316. The third-order valence-electron chi connectivity index (χ3n) is 16.3. The molecule has 5 aromatic rings. The highest BCUT2D eigenvalue weighted by atomic mass is 16.6. The highest BCUT2D eigenvalue weighted by Crippen LogP contribution is 2.40. The minimum Gasteiger partial charge on any atom is -0.392 e. The number of piperidine rings is 1. The molecule has 0 spiro atoms. The van der Waals surface area contributed by atoms with Gasteiger partial charge in [0.2, 0.25) is 17.7 Å². The van der Waals surface area contributed by atoms with Crippen molar-refractivity contribution in [3.8, 4) is 11.1 Å². The Bertz CT molecular complexity index is 3250. The number of aromatic nitrogens is 4. The number of rotatable bonds is 26. The van der Waals surface area contributed by atoms with Crippen LogP contribution < -0.4 is 26.0 Å². The number of benzene rings is 1. The summed E-state index contributed by atoms with van der Waals surface area (Å²) in [4.78, 5) is 94.3. The molecule has 1 unspecified atom stereocenters. The van der Waals surface area contributed by atoms with Crippen molar-refractivity contribution >= 4 is 52.5 Å². The molecule has 2 atom stereocenters. The molecule has 0 bridgehead atoms. The van der Waals surface area contributed by atoms with Crippen molar-refractivity contribution in [3.05, 3.63) is 117 Å². The van der Waals surface area contributed by atoms with Gasteiger partial charge in [0, 0.05) is 100 Å². The van der Waals surface area contributed by atoms with Gasteiger partial charge in [-0.15, -0.1) is 0 Å². The molecule has 4 aliphatic heterocycles. The zero-order chi connectivity index (χ0) is 58.2. The number of aliphatic hydroxyl groups excluding tert-OH is 1. The Kier molecular flexibility index (Phi) is 18.8. The molecular weight excluding hydrogens is 1060 g/mol. The summed E-state index contributed by atoms with van der Waals surface area (Å²) in [7, 11) is 1.67. The second-order valence-corrected chi connectivity index (χ2v) is 22.7. The molecule has 0 saturated carbocycles. The van der Waals surface area contributed by atoms with E-state index in [2.05, 4.69) is 50.8 Å². The summed E-state index contributed by atoms with van der Waals surface area (Å²) in [5, 5.41) is 16.3. The fourth-order valence-corrected chi connectivity index (χ4v) is 12.1. The number of carbonyl (C=O) groups excluding carboxylic acids is 5. The van der Waals surface area contributed by atoms with Crippen molar-refractivity contribution in [2.45, 2.75) is 97.5 Å². The molecule has 22 heteroatoms. The van der Waals surface area contributed by atoms with Crippen molar-refractivity contribution in [1.29, 1.82) is 0 Å². The first-order chi connectivity index (χ1) is 40.2. The number of ether oxygens (including phenoxy) is 5. The van der Waals surface area contributed by atoms with Crippen LogP contribution in [0.3, 0.4) is 0 Å². The maximum Gasteiger partial charge on any atom is 0.276 e. The molecule has 0 radical (unpaired) electrons. The minimum atomic E-state index is -0.631. The van der Waals surface area contributed by atoms with E-state index in [9.17, 15) is 33.9 Å². The number of nitrogens with zero attached hydrogens (tertiary/aromatic N) is 8. The predicted octanol–water partition coefficient (Wildman–Crippen LogP) is 4.57. The number of aliphatic hydroxyl groups is 1. The third-order valence-corrected chi connectivity index (χ3v) is 16.3. The van der Waals surface area contributed by atoms with E-state index in [1.807, 2.05) is 35.2 Å². The summed E-state index contributed by atoms with van der Waals surface area (Å²) in [6.45, 7) is 13.5. The standard InChI is InChI=1S/C61H76N10O12/c1-40-36-67(55(74)15-22-80-24-26-82-28-30-83-29-27-81-25-23-79-21-6-8-41-7-5-9-46-47(41)38-71(58(46)76)50-11-13-54(73)65-57(50)75)17-18-68(40)44-10-12-53(63-35-44)64-49-31-43(37-66(4)59(49)77)45-14-16-62-56(48(45)39-72)70-20-19-69-51(60(70)78)32-42-33-61(2,3)34-52(42)69/h5,7,9-10,12,14,16,31-32,35,37,40,50,72H,6,8,11,13,15,17-30,33-34,36,38-39H2,1-4H3,(H,63,64)(H,65,73,75)/t40-,50?/m0/s1. The van der Waals surface area contributed by atoms with E-state index in [0.29, 0.717) is 157 Å². The number of hydrogen-bond donors (Lipinski definition) is 3. The number of nitrogens with one attached hydrogen (secondary N) is 2. The molecule has 5 aliphatic rings. The molecule has 442 valence electrons. The van der Waals surface area contributed by atoms with E-state index in [4.69, 9.17) is 23.7 Å². The molecule has 83 heavy (non-hydrogen) atoms. The van der Waals surface area contributed by atoms with Crippen LogP contribution in [0, 0.1) is 5.41 Å². The molecule has 3 N–H and O–H groups in total. The van der Waals surface area contributed by atoms with Crippen LogP contribution in [-0.4, -0.2) is 168 Å². The maximum atomic E-state index is 14.0. The first-order valence-corrected chi connectivity index (χ1v) is 28.9. The summed E-state index contributed by atoms with van der Waals surface area (Å²) in [6, 6.07) is 14.4. The molecule has 1 aromatic carbocycles. The lowest BCUT2D eigenvalue weighted by Gasteiger charge is -2.41. The summed E-state index contributed by atoms with van der Waals surface area (Å²) >= 11 is 0. The molecule has 1 aliphatic carbocycles. The summed E-state index contributed by atoms with van der Waals surface area (Å²) in [6.07, 6.45) is 9.31. The monoisotopic (exact) mass is 1140 g/mol. The lowest BCUT2D eigenvalue weighted by Crippen LogP contribution is -2.54. The van der Waals surface area contributed by atoms with Crippen LogP contribution in [0.1, 0.15) is 95.2 Å². The molecule has 5 amide bonds. The number of fused-ring (bicyclic) bond motifs is 4. The van der Waals surface area contributed by atoms with Crippen LogP contribution in [0.2, 0.25) is 0 Å². The topological polar surface area (TPSA) is 241 Å². The Hall–Kier alpha value is -7.34. The number of carbonyl (C=O) groups is 5. The molecule has 10 rings (SSSR count). The molecule has 4 aromatic heterocycles. The summed E-state index contributed by atoms with van der Waals surface area (Å²) < 4.78 is 32.0. The van der Waals surface area contributed by atoms with Crippen molar-refractivity contribution in [3.63, 3.8) is 0 Å². The van der Waals surface area contributed by atoms with Gasteiger partial charge in [-0.1, -0.05) is 26.0 Å². The number of piperazine rings is 1. The number of hydrogen-bond acceptors (Lipinski definition) is 16. The van der Waals surface area contributed by atoms with Crippen molar-refractivity contribution in [1.82, 2.24) is 34.2 Å². The van der Waals surface area contributed by atoms with E-state index in [1.54, 1.807) is 53.6 Å². The van der Waals surface area contributed by atoms with Crippen LogP contribution in [-0.2, 0) is 84.1 Å². The van der Waals surface area contributed by atoms with Gasteiger partial charge in [0.1, 0.15) is 29.1 Å². The van der Waals surface area contributed by atoms with E-state index < -0.39 is 11.9 Å². The number of imide groups is 1. The van der Waals surface area contributed by atoms with Gasteiger partial charge in [-0.3, -0.25) is 39.0 Å². The van der Waals surface area contributed by atoms with Crippen LogP contribution in [0.5, 0.6) is 0 Å². The van der Waals surface area contributed by atoms with Crippen molar-refractivity contribution in [2.24, 2.45) is 12.5 Å². The second-order valence-electron chi connectivity index (χ2n) is 22.7. The molecule has 22 nitrogen and oxygen atoms in total. The number of amides is 5.